The molecule has 0 aliphatic heterocycles. The van der Waals surface area contributed by atoms with E-state index in [4.69, 9.17) is 4.74 Å². The maximum absolute atomic E-state index is 12.9. The van der Waals surface area contributed by atoms with E-state index in [1.807, 2.05) is 18.2 Å². The molecule has 192 valence electrons. The molecule has 0 N–H and O–H groups in total. The summed E-state index contributed by atoms with van der Waals surface area (Å²) in [5.41, 5.74) is -0.325. The molecule has 2 atom stereocenters. The van der Waals surface area contributed by atoms with Crippen molar-refractivity contribution in [2.45, 2.75) is 37.7 Å². The molecule has 0 spiro atoms. The Bertz CT molecular complexity index is 1130. The van der Waals surface area contributed by atoms with Gasteiger partial charge in [0, 0.05) is 20.0 Å². The number of amides is 1. The first-order valence-corrected chi connectivity index (χ1v) is 11.2. The van der Waals surface area contributed by atoms with Crippen molar-refractivity contribution in [2.24, 2.45) is 0 Å². The number of hydrogen-bond acceptors (Lipinski definition) is 2. The van der Waals surface area contributed by atoms with Gasteiger partial charge < -0.3 is 9.64 Å². The maximum atomic E-state index is 12.9. The highest BCUT2D eigenvalue weighted by molar-refractivity contribution is 5.83. The first-order valence-electron chi connectivity index (χ1n) is 11.2. The second-order valence-corrected chi connectivity index (χ2v) is 8.43. The summed E-state index contributed by atoms with van der Waals surface area (Å²) in [5.74, 6) is -0.691. The minimum atomic E-state index is -4.46. The largest absolute Gasteiger partial charge is 0.486 e. The Hall–Kier alpha value is -3.49. The highest BCUT2D eigenvalue weighted by Gasteiger charge is 2.31. The minimum Gasteiger partial charge on any atom is -0.486 e. The van der Waals surface area contributed by atoms with Crippen molar-refractivity contribution in [1.82, 2.24) is 4.90 Å². The molecule has 0 heterocycles. The normalized spacial score (nSPS) is 13.7. The lowest BCUT2D eigenvalue weighted by atomic mass is 9.98. The molecule has 3 rings (SSSR count). The third-order valence-electron chi connectivity index (χ3n) is 5.84. The van der Waals surface area contributed by atoms with Crippen LogP contribution in [0, 0.1) is 0 Å². The third-order valence-corrected chi connectivity index (χ3v) is 5.84. The molecular formula is C27H25F6NO2. The molecule has 0 radical (unpaired) electrons. The number of ether oxygens (including phenoxy) is 1. The van der Waals surface area contributed by atoms with E-state index in [0.717, 1.165) is 29.8 Å². The van der Waals surface area contributed by atoms with Gasteiger partial charge in [0.2, 0.25) is 5.91 Å². The average molecular weight is 509 g/mol. The Morgan fingerprint density at radius 1 is 0.778 bits per heavy atom. The molecule has 0 bridgehead atoms. The Kier molecular flexibility index (Phi) is 8.32. The summed E-state index contributed by atoms with van der Waals surface area (Å²) in [7, 11) is 1.59. The van der Waals surface area contributed by atoms with Gasteiger partial charge >= 0.3 is 12.4 Å². The smallest absolute Gasteiger partial charge is 0.416 e. The summed E-state index contributed by atoms with van der Waals surface area (Å²) >= 11 is 0. The molecule has 3 aromatic rings. The zero-order valence-electron chi connectivity index (χ0n) is 19.6. The SMILES string of the molecule is C[C@@H](C(=O)N(C)CC[C@@H](Oc1ccc(C(F)(F)F)cc1)c1ccccc1)c1ccc(C(F)(F)F)cc1. The molecule has 0 saturated carbocycles. The Morgan fingerprint density at radius 3 is 1.78 bits per heavy atom. The van der Waals surface area contributed by atoms with Gasteiger partial charge in [-0.15, -0.1) is 0 Å². The van der Waals surface area contributed by atoms with E-state index < -0.39 is 35.5 Å². The topological polar surface area (TPSA) is 29.5 Å². The van der Waals surface area contributed by atoms with Crippen LogP contribution < -0.4 is 4.74 Å². The Morgan fingerprint density at radius 2 is 1.28 bits per heavy atom. The minimum absolute atomic E-state index is 0.254. The lowest BCUT2D eigenvalue weighted by Gasteiger charge is -2.25. The Balaban J connectivity index is 1.68. The third kappa shape index (κ3) is 7.02. The van der Waals surface area contributed by atoms with Crippen LogP contribution in [0.2, 0.25) is 0 Å². The fourth-order valence-corrected chi connectivity index (χ4v) is 3.70. The van der Waals surface area contributed by atoms with Crippen molar-refractivity contribution in [3.63, 3.8) is 0 Å². The number of carbonyl (C=O) groups excluding carboxylic acids is 1. The number of likely N-dealkylation sites (N-methyl/N-ethyl adjacent to an activating group) is 1. The molecule has 36 heavy (non-hydrogen) atoms. The van der Waals surface area contributed by atoms with Gasteiger partial charge in [-0.25, -0.2) is 0 Å². The van der Waals surface area contributed by atoms with Gasteiger partial charge in [-0.1, -0.05) is 42.5 Å². The van der Waals surface area contributed by atoms with Crippen LogP contribution >= 0.6 is 0 Å². The summed E-state index contributed by atoms with van der Waals surface area (Å²) in [6.07, 6.45) is -9.11. The van der Waals surface area contributed by atoms with E-state index in [9.17, 15) is 31.1 Å². The van der Waals surface area contributed by atoms with Crippen LogP contribution in [0.15, 0.2) is 78.9 Å². The van der Waals surface area contributed by atoms with Gasteiger partial charge in [0.1, 0.15) is 11.9 Å². The highest BCUT2D eigenvalue weighted by Crippen LogP contribution is 2.33. The van der Waals surface area contributed by atoms with Crippen LogP contribution in [0.3, 0.4) is 0 Å². The van der Waals surface area contributed by atoms with Crippen LogP contribution in [0.1, 0.15) is 47.6 Å². The summed E-state index contributed by atoms with van der Waals surface area (Å²) in [6, 6.07) is 17.9. The van der Waals surface area contributed by atoms with Crippen molar-refractivity contribution in [3.05, 3.63) is 101 Å². The molecular weight excluding hydrogens is 484 g/mol. The lowest BCUT2D eigenvalue weighted by Crippen LogP contribution is -2.32. The van der Waals surface area contributed by atoms with Crippen molar-refractivity contribution in [3.8, 4) is 5.75 Å². The van der Waals surface area contributed by atoms with Crippen molar-refractivity contribution < 1.29 is 35.9 Å². The van der Waals surface area contributed by atoms with Crippen LogP contribution in [-0.2, 0) is 17.1 Å². The molecule has 0 unspecified atom stereocenters. The van der Waals surface area contributed by atoms with Gasteiger partial charge in [0.25, 0.3) is 0 Å². The molecule has 3 nitrogen and oxygen atoms in total. The zero-order valence-corrected chi connectivity index (χ0v) is 19.6. The van der Waals surface area contributed by atoms with Crippen LogP contribution in [0.25, 0.3) is 0 Å². The predicted molar refractivity (Wildman–Crippen MR) is 123 cm³/mol. The fraction of sp³-hybridized carbons (Fsp3) is 0.296. The van der Waals surface area contributed by atoms with Gasteiger partial charge in [-0.05, 0) is 54.4 Å². The van der Waals surface area contributed by atoms with Gasteiger partial charge in [-0.2, -0.15) is 26.3 Å². The van der Waals surface area contributed by atoms with E-state index in [0.29, 0.717) is 12.0 Å². The maximum Gasteiger partial charge on any atom is 0.416 e. The summed E-state index contributed by atoms with van der Waals surface area (Å²) in [4.78, 5) is 14.4. The number of alkyl halides is 6. The van der Waals surface area contributed by atoms with E-state index in [1.165, 1.54) is 29.2 Å². The number of carbonyl (C=O) groups is 1. The molecule has 0 aromatic heterocycles. The quantitative estimate of drug-likeness (QED) is 0.295. The standard InChI is InChI=1S/C27H25F6NO2/c1-18(19-8-10-21(11-9-19)26(28,29)30)25(35)34(2)17-16-24(20-6-4-3-5-7-20)36-23-14-12-22(13-15-23)27(31,32)33/h3-15,18,24H,16-17H2,1-2H3/t18-,24-/m1/s1. The van der Waals surface area contributed by atoms with Crippen molar-refractivity contribution >= 4 is 5.91 Å². The van der Waals surface area contributed by atoms with Crippen molar-refractivity contribution in [1.29, 1.82) is 0 Å². The summed E-state index contributed by atoms with van der Waals surface area (Å²) in [6.45, 7) is 1.87. The second-order valence-electron chi connectivity index (χ2n) is 8.43. The van der Waals surface area contributed by atoms with Gasteiger partial charge in [0.05, 0.1) is 17.0 Å². The molecule has 9 heteroatoms. The molecule has 0 aliphatic carbocycles. The Labute approximate surface area is 205 Å². The van der Waals surface area contributed by atoms with Gasteiger partial charge in [0.15, 0.2) is 0 Å². The first-order chi connectivity index (χ1) is 16.9. The molecule has 1 amide bonds. The fourth-order valence-electron chi connectivity index (χ4n) is 3.70. The zero-order chi connectivity index (χ0) is 26.5. The monoisotopic (exact) mass is 509 g/mol. The van der Waals surface area contributed by atoms with E-state index in [1.54, 1.807) is 26.1 Å². The first kappa shape index (κ1) is 27.1. The molecule has 0 fully saturated rings. The average Bonchev–Trinajstić information content (AvgIpc) is 2.85. The van der Waals surface area contributed by atoms with E-state index >= 15 is 0 Å². The second kappa shape index (κ2) is 11.1. The molecule has 0 aliphatic rings. The molecule has 0 saturated heterocycles. The number of nitrogens with zero attached hydrogens (tertiary/aromatic N) is 1. The number of halogens is 6. The highest BCUT2D eigenvalue weighted by atomic mass is 19.4. The van der Waals surface area contributed by atoms with Gasteiger partial charge in [-0.3, -0.25) is 4.79 Å². The lowest BCUT2D eigenvalue weighted by molar-refractivity contribution is -0.138. The number of benzene rings is 3. The van der Waals surface area contributed by atoms with E-state index in [2.05, 4.69) is 0 Å². The van der Waals surface area contributed by atoms with Crippen LogP contribution in [0.5, 0.6) is 5.75 Å². The number of hydrogen-bond donors (Lipinski definition) is 0. The van der Waals surface area contributed by atoms with Crippen molar-refractivity contribution in [2.75, 3.05) is 13.6 Å². The van der Waals surface area contributed by atoms with E-state index in [-0.39, 0.29) is 18.2 Å². The number of rotatable bonds is 8. The summed E-state index contributed by atoms with van der Waals surface area (Å²) in [5, 5.41) is 0. The summed E-state index contributed by atoms with van der Waals surface area (Å²) < 4.78 is 83.0. The van der Waals surface area contributed by atoms with Crippen LogP contribution in [-0.4, -0.2) is 24.4 Å². The van der Waals surface area contributed by atoms with Crippen LogP contribution in [0.4, 0.5) is 26.3 Å². The predicted octanol–water partition coefficient (Wildman–Crippen LogP) is 7.50. The molecule has 3 aromatic carbocycles.